The second-order valence-electron chi connectivity index (χ2n) is 9.43. The largest absolute Gasteiger partial charge is 0.518 e. The summed E-state index contributed by atoms with van der Waals surface area (Å²) in [6.45, 7) is 11.9. The Morgan fingerprint density at radius 1 is 0.968 bits per heavy atom. The van der Waals surface area contributed by atoms with Gasteiger partial charge in [-0.1, -0.05) is 0 Å². The molecule has 1 saturated heterocycles. The second kappa shape index (κ2) is 9.62. The predicted molar refractivity (Wildman–Crippen MR) is 123 cm³/mol. The van der Waals surface area contributed by atoms with Crippen LogP contribution < -0.4 is 14.2 Å². The highest BCUT2D eigenvalue weighted by Crippen LogP contribution is 2.43. The summed E-state index contributed by atoms with van der Waals surface area (Å²) in [5.41, 5.74) is 0.651. The molecule has 1 aromatic rings. The fourth-order valence-corrected chi connectivity index (χ4v) is 5.12. The highest BCUT2D eigenvalue weighted by atomic mass is 28.4. The molecule has 31 heavy (non-hydrogen) atoms. The number of methoxy groups -OCH3 is 3. The van der Waals surface area contributed by atoms with E-state index in [2.05, 4.69) is 0 Å². The van der Waals surface area contributed by atoms with Crippen LogP contribution in [0.5, 0.6) is 17.2 Å². The lowest BCUT2D eigenvalue weighted by Gasteiger charge is -2.37. The maximum Gasteiger partial charge on any atom is 0.315 e. The summed E-state index contributed by atoms with van der Waals surface area (Å²) in [5, 5.41) is 0. The van der Waals surface area contributed by atoms with E-state index < -0.39 is 28.9 Å². The van der Waals surface area contributed by atoms with Crippen LogP contribution in [-0.2, 0) is 18.4 Å². The average Bonchev–Trinajstić information content (AvgIpc) is 3.04. The molecule has 0 radical (unpaired) electrons. The molecule has 174 valence electrons. The lowest BCUT2D eigenvalue weighted by molar-refractivity contribution is -0.152. The van der Waals surface area contributed by atoms with Gasteiger partial charge in [0.1, 0.15) is 12.3 Å². The molecule has 0 saturated carbocycles. The van der Waals surface area contributed by atoms with Gasteiger partial charge < -0.3 is 23.1 Å². The smallest absolute Gasteiger partial charge is 0.315 e. The molecule has 0 N–H and O–H groups in total. The maximum absolute atomic E-state index is 13.0. The van der Waals surface area contributed by atoms with Crippen LogP contribution in [0.1, 0.15) is 24.6 Å². The number of hydrogen-bond donors (Lipinski definition) is 0. The summed E-state index contributed by atoms with van der Waals surface area (Å²) in [7, 11) is 0.338. The standard InChI is InChI=1S/C21H35NO7Si2/c1-25-16-12-14(13-17(26-2)19(16)27-3)20(28-30(4,5)6)22-15(10-11-18(22)23)21(24)29-31(7,8)9/h12-13,15,20H,10-11H2,1-9H3. The molecule has 0 spiro atoms. The number of benzene rings is 1. The normalized spacial score (nSPS) is 18.0. The van der Waals surface area contributed by atoms with Crippen LogP contribution >= 0.6 is 0 Å². The van der Waals surface area contributed by atoms with Gasteiger partial charge in [-0.2, -0.15) is 0 Å². The van der Waals surface area contributed by atoms with Crippen LogP contribution in [0, 0.1) is 0 Å². The predicted octanol–water partition coefficient (Wildman–Crippen LogP) is 3.93. The summed E-state index contributed by atoms with van der Waals surface area (Å²) >= 11 is 0. The molecule has 2 atom stereocenters. The van der Waals surface area contributed by atoms with E-state index in [0.717, 1.165) is 0 Å². The van der Waals surface area contributed by atoms with Gasteiger partial charge in [-0.3, -0.25) is 14.5 Å². The Kier molecular flexibility index (Phi) is 7.82. The first-order valence-corrected chi connectivity index (χ1v) is 17.1. The molecule has 1 fully saturated rings. The van der Waals surface area contributed by atoms with E-state index in [4.69, 9.17) is 23.1 Å². The Bertz CT molecular complexity index is 792. The minimum absolute atomic E-state index is 0.144. The zero-order valence-corrected chi connectivity index (χ0v) is 22.0. The van der Waals surface area contributed by atoms with E-state index in [0.29, 0.717) is 29.2 Å². The molecule has 0 aliphatic carbocycles. The first kappa shape index (κ1) is 25.2. The Hall–Kier alpha value is -2.05. The fraction of sp³-hybridized carbons (Fsp3) is 0.619. The van der Waals surface area contributed by atoms with Crippen molar-refractivity contribution in [1.29, 1.82) is 0 Å². The van der Waals surface area contributed by atoms with Crippen molar-refractivity contribution >= 4 is 28.5 Å². The van der Waals surface area contributed by atoms with Crippen molar-refractivity contribution in [3.8, 4) is 17.2 Å². The summed E-state index contributed by atoms with van der Waals surface area (Å²) in [4.78, 5) is 27.5. The number of nitrogens with zero attached hydrogens (tertiary/aromatic N) is 1. The lowest BCUT2D eigenvalue weighted by atomic mass is 10.1. The molecule has 2 rings (SSSR count). The van der Waals surface area contributed by atoms with Gasteiger partial charge in [0.15, 0.2) is 19.8 Å². The van der Waals surface area contributed by atoms with Gasteiger partial charge in [0, 0.05) is 12.0 Å². The van der Waals surface area contributed by atoms with E-state index >= 15 is 0 Å². The van der Waals surface area contributed by atoms with Gasteiger partial charge in [0.25, 0.3) is 0 Å². The Labute approximate surface area is 187 Å². The van der Waals surface area contributed by atoms with Crippen molar-refractivity contribution in [3.63, 3.8) is 0 Å². The molecule has 2 unspecified atom stereocenters. The van der Waals surface area contributed by atoms with Crippen LogP contribution in [0.2, 0.25) is 39.3 Å². The first-order chi connectivity index (χ1) is 14.3. The molecule has 8 nitrogen and oxygen atoms in total. The first-order valence-electron chi connectivity index (χ1n) is 10.3. The highest BCUT2D eigenvalue weighted by Gasteiger charge is 2.45. The van der Waals surface area contributed by atoms with Crippen LogP contribution in [0.3, 0.4) is 0 Å². The molecule has 1 heterocycles. The lowest BCUT2D eigenvalue weighted by Crippen LogP contribution is -2.47. The van der Waals surface area contributed by atoms with Crippen molar-refractivity contribution in [1.82, 2.24) is 4.90 Å². The molecule has 1 amide bonds. The van der Waals surface area contributed by atoms with Crippen molar-refractivity contribution in [2.24, 2.45) is 0 Å². The third-order valence-corrected chi connectivity index (χ3v) is 6.37. The topological polar surface area (TPSA) is 83.5 Å². The van der Waals surface area contributed by atoms with E-state index in [-0.39, 0.29) is 18.3 Å². The maximum atomic E-state index is 13.0. The van der Waals surface area contributed by atoms with Crippen molar-refractivity contribution in [3.05, 3.63) is 17.7 Å². The van der Waals surface area contributed by atoms with Crippen molar-refractivity contribution in [2.75, 3.05) is 21.3 Å². The van der Waals surface area contributed by atoms with Crippen LogP contribution in [0.25, 0.3) is 0 Å². The van der Waals surface area contributed by atoms with Gasteiger partial charge >= 0.3 is 5.97 Å². The van der Waals surface area contributed by atoms with Crippen molar-refractivity contribution < 1.29 is 32.7 Å². The van der Waals surface area contributed by atoms with E-state index in [1.165, 1.54) is 26.2 Å². The molecular formula is C21H35NO7Si2. The Morgan fingerprint density at radius 3 is 1.94 bits per heavy atom. The highest BCUT2D eigenvalue weighted by molar-refractivity contribution is 6.71. The SMILES string of the molecule is COc1cc(C(O[Si](C)(C)C)N2C(=O)CCC2C(=O)O[Si](C)(C)C)cc(OC)c1OC. The zero-order chi connectivity index (χ0) is 23.6. The Morgan fingerprint density at radius 2 is 1.52 bits per heavy atom. The van der Waals surface area contributed by atoms with Crippen LogP contribution in [0.15, 0.2) is 12.1 Å². The summed E-state index contributed by atoms with van der Waals surface area (Å²) in [6, 6.07) is 2.83. The second-order valence-corrected chi connectivity index (χ2v) is 18.3. The average molecular weight is 470 g/mol. The monoisotopic (exact) mass is 469 g/mol. The van der Waals surface area contributed by atoms with Gasteiger partial charge in [-0.25, -0.2) is 0 Å². The number of carbonyl (C=O) groups is 2. The van der Waals surface area contributed by atoms with E-state index in [9.17, 15) is 9.59 Å². The van der Waals surface area contributed by atoms with E-state index in [1.54, 1.807) is 12.1 Å². The van der Waals surface area contributed by atoms with E-state index in [1.807, 2.05) is 39.3 Å². The molecule has 0 bridgehead atoms. The number of carbonyl (C=O) groups excluding carboxylic acids is 2. The Balaban J connectivity index is 2.58. The quantitative estimate of drug-likeness (QED) is 0.507. The summed E-state index contributed by atoms with van der Waals surface area (Å²) in [5.74, 6) is 0.835. The molecule has 1 aliphatic heterocycles. The van der Waals surface area contributed by atoms with Crippen molar-refractivity contribution in [2.45, 2.75) is 64.4 Å². The summed E-state index contributed by atoms with van der Waals surface area (Å²) < 4.78 is 28.6. The van der Waals surface area contributed by atoms with Gasteiger partial charge in [0.2, 0.25) is 20.0 Å². The molecular weight excluding hydrogens is 434 g/mol. The number of likely N-dealkylation sites (tertiary alicyclic amines) is 1. The summed E-state index contributed by atoms with van der Waals surface area (Å²) in [6.07, 6.45) is -0.103. The fourth-order valence-electron chi connectivity index (χ4n) is 3.46. The third-order valence-electron chi connectivity index (χ3n) is 4.62. The molecule has 1 aliphatic rings. The van der Waals surface area contributed by atoms with Gasteiger partial charge in [0.05, 0.1) is 21.3 Å². The number of rotatable bonds is 9. The molecule has 0 aromatic heterocycles. The minimum atomic E-state index is -2.14. The van der Waals surface area contributed by atoms with Gasteiger partial charge in [-0.15, -0.1) is 0 Å². The van der Waals surface area contributed by atoms with Crippen LogP contribution in [-0.4, -0.2) is 60.8 Å². The number of hydrogen-bond acceptors (Lipinski definition) is 7. The van der Waals surface area contributed by atoms with Crippen LogP contribution in [0.4, 0.5) is 0 Å². The minimum Gasteiger partial charge on any atom is -0.518 e. The van der Waals surface area contributed by atoms with Gasteiger partial charge in [-0.05, 0) is 57.8 Å². The molecule has 1 aromatic carbocycles. The molecule has 10 heteroatoms. The zero-order valence-electron chi connectivity index (χ0n) is 20.0. The number of ether oxygens (including phenoxy) is 3. The third kappa shape index (κ3) is 6.24. The number of amides is 1.